The Hall–Kier alpha value is -0.770. The van der Waals surface area contributed by atoms with E-state index in [0.29, 0.717) is 22.5 Å². The summed E-state index contributed by atoms with van der Waals surface area (Å²) in [5.41, 5.74) is 0.894. The van der Waals surface area contributed by atoms with E-state index in [9.17, 15) is 4.79 Å². The molecule has 1 unspecified atom stereocenters. The number of halogens is 2. The topological polar surface area (TPSA) is 41.1 Å². The van der Waals surface area contributed by atoms with Gasteiger partial charge in [0.25, 0.3) is 0 Å². The number of nitrogens with one attached hydrogen (secondary N) is 2. The molecule has 0 spiro atoms. The van der Waals surface area contributed by atoms with Crippen LogP contribution in [-0.2, 0) is 4.79 Å². The van der Waals surface area contributed by atoms with E-state index in [4.69, 9.17) is 23.2 Å². The van der Waals surface area contributed by atoms with Crippen LogP contribution in [0.25, 0.3) is 0 Å². The molecule has 0 saturated carbocycles. The monoisotopic (exact) mass is 302 g/mol. The highest BCUT2D eigenvalue weighted by molar-refractivity contribution is 6.42. The largest absolute Gasteiger partial charge is 0.355 e. The zero-order valence-corrected chi connectivity index (χ0v) is 13.0. The number of hydrogen-bond donors (Lipinski definition) is 2. The molecule has 1 rings (SSSR count). The average Bonchev–Trinajstić information content (AvgIpc) is 2.36. The van der Waals surface area contributed by atoms with Gasteiger partial charge in [-0.25, -0.2) is 0 Å². The molecule has 0 radical (unpaired) electrons. The molecule has 1 atom stereocenters. The Labute approximate surface area is 124 Å². The summed E-state index contributed by atoms with van der Waals surface area (Å²) < 4.78 is 0. The van der Waals surface area contributed by atoms with E-state index >= 15 is 0 Å². The molecule has 5 heteroatoms. The maximum absolute atomic E-state index is 11.6. The van der Waals surface area contributed by atoms with Gasteiger partial charge in [-0.2, -0.15) is 0 Å². The summed E-state index contributed by atoms with van der Waals surface area (Å²) in [5.74, 6) is 0.433. The summed E-state index contributed by atoms with van der Waals surface area (Å²) in [6, 6.07) is 5.46. The van der Waals surface area contributed by atoms with Crippen LogP contribution in [-0.4, -0.2) is 19.0 Å². The highest BCUT2D eigenvalue weighted by atomic mass is 35.5. The van der Waals surface area contributed by atoms with E-state index in [0.717, 1.165) is 5.56 Å². The van der Waals surface area contributed by atoms with Crippen LogP contribution < -0.4 is 10.6 Å². The van der Waals surface area contributed by atoms with Crippen LogP contribution in [0.5, 0.6) is 0 Å². The van der Waals surface area contributed by atoms with E-state index in [1.165, 1.54) is 0 Å². The minimum Gasteiger partial charge on any atom is -0.355 e. The first-order valence-electron chi connectivity index (χ1n) is 6.35. The molecule has 0 saturated heterocycles. The predicted molar refractivity (Wildman–Crippen MR) is 80.7 cm³/mol. The van der Waals surface area contributed by atoms with E-state index in [-0.39, 0.29) is 18.5 Å². The van der Waals surface area contributed by atoms with Crippen molar-refractivity contribution in [1.82, 2.24) is 10.6 Å². The molecular weight excluding hydrogens is 283 g/mol. The number of carbonyl (C=O) groups is 1. The third-order valence-electron chi connectivity index (χ3n) is 2.72. The third-order valence-corrected chi connectivity index (χ3v) is 3.56. The van der Waals surface area contributed by atoms with Gasteiger partial charge in [0.1, 0.15) is 0 Å². The Morgan fingerprint density at radius 3 is 2.58 bits per heavy atom. The Balaban J connectivity index is 2.49. The summed E-state index contributed by atoms with van der Waals surface area (Å²) in [6.45, 7) is 7.01. The number of rotatable bonds is 6. The third kappa shape index (κ3) is 5.39. The lowest BCUT2D eigenvalue weighted by Crippen LogP contribution is -2.36. The average molecular weight is 303 g/mol. The zero-order valence-electron chi connectivity index (χ0n) is 11.5. The first-order chi connectivity index (χ1) is 8.91. The van der Waals surface area contributed by atoms with Crippen molar-refractivity contribution in [2.45, 2.75) is 26.8 Å². The zero-order chi connectivity index (χ0) is 14.4. The lowest BCUT2D eigenvalue weighted by molar-refractivity contribution is -0.120. The molecule has 0 fully saturated rings. The maximum atomic E-state index is 11.6. The van der Waals surface area contributed by atoms with Gasteiger partial charge in [-0.15, -0.1) is 0 Å². The molecule has 3 nitrogen and oxygen atoms in total. The second-order valence-electron chi connectivity index (χ2n) is 4.94. The van der Waals surface area contributed by atoms with Crippen molar-refractivity contribution < 1.29 is 4.79 Å². The van der Waals surface area contributed by atoms with Crippen LogP contribution in [0.1, 0.15) is 32.4 Å². The van der Waals surface area contributed by atoms with E-state index in [1.807, 2.05) is 19.1 Å². The SMILES string of the molecule is CC(C)CNC(=O)CNC(C)c1cccc(Cl)c1Cl. The molecule has 0 aromatic heterocycles. The quantitative estimate of drug-likeness (QED) is 0.845. The van der Waals surface area contributed by atoms with E-state index in [2.05, 4.69) is 24.5 Å². The highest BCUT2D eigenvalue weighted by Crippen LogP contribution is 2.29. The standard InChI is InChI=1S/C14H20Cl2N2O/c1-9(2)7-18-13(19)8-17-10(3)11-5-4-6-12(15)14(11)16/h4-6,9-10,17H,7-8H2,1-3H3,(H,18,19). The molecule has 106 valence electrons. The lowest BCUT2D eigenvalue weighted by atomic mass is 10.1. The summed E-state index contributed by atoms with van der Waals surface area (Å²) in [6.07, 6.45) is 0. The maximum Gasteiger partial charge on any atom is 0.233 e. The predicted octanol–water partition coefficient (Wildman–Crippen LogP) is 3.42. The Kier molecular flexibility index (Phi) is 6.63. The number of hydrogen-bond acceptors (Lipinski definition) is 2. The molecule has 0 heterocycles. The minimum atomic E-state index is -0.0315. The molecule has 2 N–H and O–H groups in total. The van der Waals surface area contributed by atoms with Crippen LogP contribution >= 0.6 is 23.2 Å². The first-order valence-corrected chi connectivity index (χ1v) is 7.11. The minimum absolute atomic E-state index is 0.0151. The Morgan fingerprint density at radius 1 is 1.26 bits per heavy atom. The van der Waals surface area contributed by atoms with Gasteiger partial charge in [0, 0.05) is 12.6 Å². The summed E-state index contributed by atoms with van der Waals surface area (Å²) in [7, 11) is 0. The summed E-state index contributed by atoms with van der Waals surface area (Å²) >= 11 is 12.1. The lowest BCUT2D eigenvalue weighted by Gasteiger charge is -2.16. The number of amides is 1. The number of carbonyl (C=O) groups excluding carboxylic acids is 1. The molecule has 19 heavy (non-hydrogen) atoms. The van der Waals surface area contributed by atoms with Crippen molar-refractivity contribution in [3.05, 3.63) is 33.8 Å². The molecular formula is C14H20Cl2N2O. The van der Waals surface area contributed by atoms with Gasteiger partial charge < -0.3 is 10.6 Å². The molecule has 1 amide bonds. The fraction of sp³-hybridized carbons (Fsp3) is 0.500. The fourth-order valence-corrected chi connectivity index (χ4v) is 2.06. The van der Waals surface area contributed by atoms with Gasteiger partial charge in [0.15, 0.2) is 0 Å². The fourth-order valence-electron chi connectivity index (χ4n) is 1.59. The van der Waals surface area contributed by atoms with Gasteiger partial charge >= 0.3 is 0 Å². The molecule has 0 bridgehead atoms. The van der Waals surface area contributed by atoms with E-state index < -0.39 is 0 Å². The molecule has 0 aliphatic heterocycles. The summed E-state index contributed by atoms with van der Waals surface area (Å²) in [4.78, 5) is 11.6. The van der Waals surface area contributed by atoms with Crippen molar-refractivity contribution in [2.24, 2.45) is 5.92 Å². The van der Waals surface area contributed by atoms with Gasteiger partial charge in [-0.3, -0.25) is 4.79 Å². The van der Waals surface area contributed by atoms with Crippen LogP contribution in [0.2, 0.25) is 10.0 Å². The normalized spacial score (nSPS) is 12.5. The second-order valence-corrected chi connectivity index (χ2v) is 5.73. The molecule has 0 aliphatic rings. The van der Waals surface area contributed by atoms with Crippen molar-refractivity contribution >= 4 is 29.1 Å². The van der Waals surface area contributed by atoms with Gasteiger partial charge in [-0.1, -0.05) is 49.2 Å². The molecule has 1 aromatic carbocycles. The van der Waals surface area contributed by atoms with Crippen LogP contribution in [0.3, 0.4) is 0 Å². The summed E-state index contributed by atoms with van der Waals surface area (Å²) in [5, 5.41) is 7.05. The Morgan fingerprint density at radius 2 is 1.95 bits per heavy atom. The van der Waals surface area contributed by atoms with Crippen molar-refractivity contribution in [3.63, 3.8) is 0 Å². The van der Waals surface area contributed by atoms with Crippen LogP contribution in [0.4, 0.5) is 0 Å². The molecule has 1 aromatic rings. The van der Waals surface area contributed by atoms with Crippen LogP contribution in [0, 0.1) is 5.92 Å². The van der Waals surface area contributed by atoms with Gasteiger partial charge in [0.05, 0.1) is 16.6 Å². The van der Waals surface area contributed by atoms with Crippen molar-refractivity contribution in [3.8, 4) is 0 Å². The van der Waals surface area contributed by atoms with Gasteiger partial charge in [0.2, 0.25) is 5.91 Å². The first kappa shape index (κ1) is 16.3. The highest BCUT2D eigenvalue weighted by Gasteiger charge is 2.12. The van der Waals surface area contributed by atoms with Crippen molar-refractivity contribution in [1.29, 1.82) is 0 Å². The van der Waals surface area contributed by atoms with Crippen LogP contribution in [0.15, 0.2) is 18.2 Å². The van der Waals surface area contributed by atoms with Gasteiger partial charge in [-0.05, 0) is 24.5 Å². The Bertz CT molecular complexity index is 435. The molecule has 0 aliphatic carbocycles. The number of benzene rings is 1. The van der Waals surface area contributed by atoms with E-state index in [1.54, 1.807) is 6.07 Å². The van der Waals surface area contributed by atoms with Crippen molar-refractivity contribution in [2.75, 3.05) is 13.1 Å². The smallest absolute Gasteiger partial charge is 0.233 e. The second kappa shape index (κ2) is 7.73.